The molecule has 1 aromatic heterocycles. The molecular weight excluding hydrogens is 250 g/mol. The predicted molar refractivity (Wildman–Crippen MR) is 82.2 cm³/mol. The molecule has 0 atom stereocenters. The molecule has 0 bridgehead atoms. The van der Waals surface area contributed by atoms with E-state index in [9.17, 15) is 4.79 Å². The predicted octanol–water partition coefficient (Wildman–Crippen LogP) is 2.94. The summed E-state index contributed by atoms with van der Waals surface area (Å²) in [4.78, 5) is 21.0. The second-order valence-electron chi connectivity index (χ2n) is 5.39. The first-order chi connectivity index (χ1) is 9.76. The molecule has 0 aliphatic carbocycles. The number of carbonyl (C=O) groups excluding carboxylic acids is 1. The summed E-state index contributed by atoms with van der Waals surface area (Å²) in [7, 11) is 0. The third kappa shape index (κ3) is 3.50. The number of amides is 1. The maximum atomic E-state index is 12.4. The average molecular weight is 275 g/mol. The van der Waals surface area contributed by atoms with Crippen LogP contribution in [-0.4, -0.2) is 42.0 Å². The number of rotatable bonds is 6. The molecule has 2 heterocycles. The van der Waals surface area contributed by atoms with Crippen LogP contribution in [0.4, 0.5) is 5.69 Å². The van der Waals surface area contributed by atoms with Crippen molar-refractivity contribution in [2.45, 2.75) is 39.5 Å². The number of nitrogens with zero attached hydrogens (tertiary/aromatic N) is 3. The van der Waals surface area contributed by atoms with Gasteiger partial charge < -0.3 is 9.80 Å². The molecule has 0 spiro atoms. The van der Waals surface area contributed by atoms with Gasteiger partial charge in [0.25, 0.3) is 5.91 Å². The Balaban J connectivity index is 2.05. The lowest BCUT2D eigenvalue weighted by atomic mass is 10.2. The van der Waals surface area contributed by atoms with Crippen LogP contribution in [0.5, 0.6) is 0 Å². The second kappa shape index (κ2) is 7.27. The first-order valence-electron chi connectivity index (χ1n) is 7.76. The van der Waals surface area contributed by atoms with E-state index in [1.165, 1.54) is 12.8 Å². The number of hydrogen-bond donors (Lipinski definition) is 0. The highest BCUT2D eigenvalue weighted by atomic mass is 16.2. The zero-order chi connectivity index (χ0) is 14.4. The van der Waals surface area contributed by atoms with Crippen LogP contribution in [0.15, 0.2) is 18.3 Å². The fraction of sp³-hybridized carbons (Fsp3) is 0.625. The molecule has 0 radical (unpaired) electrons. The van der Waals surface area contributed by atoms with Crippen LogP contribution in [0, 0.1) is 0 Å². The van der Waals surface area contributed by atoms with E-state index in [0.717, 1.165) is 44.7 Å². The molecule has 4 heteroatoms. The number of anilines is 1. The smallest absolute Gasteiger partial charge is 0.272 e. The molecule has 1 aliphatic rings. The topological polar surface area (TPSA) is 36.4 Å². The van der Waals surface area contributed by atoms with Crippen LogP contribution in [0.2, 0.25) is 0 Å². The maximum absolute atomic E-state index is 12.4. The van der Waals surface area contributed by atoms with Gasteiger partial charge in [0.15, 0.2) is 0 Å². The van der Waals surface area contributed by atoms with Gasteiger partial charge in [0.05, 0.1) is 11.9 Å². The molecule has 0 saturated carbocycles. The molecule has 1 aliphatic heterocycles. The molecular formula is C16H25N3O. The van der Waals surface area contributed by atoms with E-state index in [4.69, 9.17) is 0 Å². The summed E-state index contributed by atoms with van der Waals surface area (Å²) in [6, 6.07) is 3.90. The molecule has 1 fully saturated rings. The summed E-state index contributed by atoms with van der Waals surface area (Å²) in [6.07, 6.45) is 6.31. The monoisotopic (exact) mass is 275 g/mol. The minimum atomic E-state index is 0.0571. The van der Waals surface area contributed by atoms with Gasteiger partial charge >= 0.3 is 0 Å². The van der Waals surface area contributed by atoms with Crippen molar-refractivity contribution < 1.29 is 4.79 Å². The Hall–Kier alpha value is -1.58. The van der Waals surface area contributed by atoms with Gasteiger partial charge in [-0.25, -0.2) is 4.98 Å². The van der Waals surface area contributed by atoms with Crippen molar-refractivity contribution in [3.8, 4) is 0 Å². The van der Waals surface area contributed by atoms with Crippen LogP contribution in [0.1, 0.15) is 50.0 Å². The van der Waals surface area contributed by atoms with Crippen molar-refractivity contribution >= 4 is 11.6 Å². The van der Waals surface area contributed by atoms with E-state index in [-0.39, 0.29) is 5.91 Å². The minimum absolute atomic E-state index is 0.0571. The Morgan fingerprint density at radius 2 is 1.85 bits per heavy atom. The molecule has 0 unspecified atom stereocenters. The van der Waals surface area contributed by atoms with E-state index in [1.54, 1.807) is 0 Å². The van der Waals surface area contributed by atoms with E-state index in [1.807, 2.05) is 23.2 Å². The minimum Gasteiger partial charge on any atom is -0.370 e. The lowest BCUT2D eigenvalue weighted by molar-refractivity contribution is 0.0749. The summed E-state index contributed by atoms with van der Waals surface area (Å²) in [5, 5.41) is 0. The number of hydrogen-bond acceptors (Lipinski definition) is 3. The first-order valence-corrected chi connectivity index (χ1v) is 7.76. The fourth-order valence-electron chi connectivity index (χ4n) is 2.69. The number of aromatic nitrogens is 1. The lowest BCUT2D eigenvalue weighted by Crippen LogP contribution is -2.33. The number of pyridine rings is 1. The summed E-state index contributed by atoms with van der Waals surface area (Å²) in [5.74, 6) is 0.0571. The van der Waals surface area contributed by atoms with E-state index >= 15 is 0 Å². The Labute approximate surface area is 121 Å². The normalized spacial score (nSPS) is 14.6. The van der Waals surface area contributed by atoms with Crippen LogP contribution in [-0.2, 0) is 0 Å². The van der Waals surface area contributed by atoms with Crippen LogP contribution < -0.4 is 4.90 Å². The molecule has 0 aromatic carbocycles. The zero-order valence-electron chi connectivity index (χ0n) is 12.6. The summed E-state index contributed by atoms with van der Waals surface area (Å²) in [6.45, 7) is 8.02. The Morgan fingerprint density at radius 1 is 1.20 bits per heavy atom. The van der Waals surface area contributed by atoms with Gasteiger partial charge in [-0.1, -0.05) is 13.8 Å². The highest BCUT2D eigenvalue weighted by Gasteiger charge is 2.17. The summed E-state index contributed by atoms with van der Waals surface area (Å²) >= 11 is 0. The summed E-state index contributed by atoms with van der Waals surface area (Å²) in [5.41, 5.74) is 1.70. The molecule has 0 N–H and O–H groups in total. The van der Waals surface area contributed by atoms with Crippen molar-refractivity contribution in [1.29, 1.82) is 0 Å². The van der Waals surface area contributed by atoms with Crippen LogP contribution in [0.3, 0.4) is 0 Å². The van der Waals surface area contributed by atoms with Gasteiger partial charge in [0.2, 0.25) is 0 Å². The van der Waals surface area contributed by atoms with Crippen LogP contribution in [0.25, 0.3) is 0 Å². The third-order valence-electron chi connectivity index (χ3n) is 3.71. The molecule has 1 aromatic rings. The van der Waals surface area contributed by atoms with Gasteiger partial charge in [-0.05, 0) is 37.8 Å². The Bertz CT molecular complexity index is 418. The first kappa shape index (κ1) is 14.8. The van der Waals surface area contributed by atoms with Gasteiger partial charge in [-0.2, -0.15) is 0 Å². The molecule has 2 rings (SSSR count). The maximum Gasteiger partial charge on any atom is 0.272 e. The van der Waals surface area contributed by atoms with Gasteiger partial charge in [0, 0.05) is 26.2 Å². The molecule has 20 heavy (non-hydrogen) atoms. The SMILES string of the molecule is CCCN(CCC)C(=O)c1ccc(N2CCCC2)cn1. The van der Waals surface area contributed by atoms with E-state index in [2.05, 4.69) is 23.7 Å². The highest BCUT2D eigenvalue weighted by molar-refractivity contribution is 5.92. The largest absolute Gasteiger partial charge is 0.370 e. The third-order valence-corrected chi connectivity index (χ3v) is 3.71. The van der Waals surface area contributed by atoms with Crippen molar-refractivity contribution in [3.05, 3.63) is 24.0 Å². The second-order valence-corrected chi connectivity index (χ2v) is 5.39. The lowest BCUT2D eigenvalue weighted by Gasteiger charge is -2.21. The van der Waals surface area contributed by atoms with E-state index < -0.39 is 0 Å². The van der Waals surface area contributed by atoms with Gasteiger partial charge in [-0.3, -0.25) is 4.79 Å². The van der Waals surface area contributed by atoms with Crippen molar-refractivity contribution in [1.82, 2.24) is 9.88 Å². The molecule has 4 nitrogen and oxygen atoms in total. The molecule has 1 saturated heterocycles. The summed E-state index contributed by atoms with van der Waals surface area (Å²) < 4.78 is 0. The fourth-order valence-corrected chi connectivity index (χ4v) is 2.69. The van der Waals surface area contributed by atoms with Gasteiger partial charge in [0.1, 0.15) is 5.69 Å². The van der Waals surface area contributed by atoms with E-state index in [0.29, 0.717) is 5.69 Å². The highest BCUT2D eigenvalue weighted by Crippen LogP contribution is 2.19. The standard InChI is InChI=1S/C16H25N3O/c1-3-9-19(10-4-2)16(20)15-8-7-14(13-17-15)18-11-5-6-12-18/h7-8,13H,3-6,9-12H2,1-2H3. The quantitative estimate of drug-likeness (QED) is 0.801. The molecule has 1 amide bonds. The van der Waals surface area contributed by atoms with Crippen molar-refractivity contribution in [2.24, 2.45) is 0 Å². The number of carbonyl (C=O) groups is 1. The van der Waals surface area contributed by atoms with Crippen molar-refractivity contribution in [3.63, 3.8) is 0 Å². The Kier molecular flexibility index (Phi) is 5.39. The van der Waals surface area contributed by atoms with Gasteiger partial charge in [-0.15, -0.1) is 0 Å². The van der Waals surface area contributed by atoms with Crippen molar-refractivity contribution in [2.75, 3.05) is 31.1 Å². The zero-order valence-corrected chi connectivity index (χ0v) is 12.6. The Morgan fingerprint density at radius 3 is 2.35 bits per heavy atom. The average Bonchev–Trinajstić information content (AvgIpc) is 3.01. The van der Waals surface area contributed by atoms with Crippen LogP contribution >= 0.6 is 0 Å². The molecule has 110 valence electrons.